The highest BCUT2D eigenvalue weighted by Gasteiger charge is 2.40. The van der Waals surface area contributed by atoms with Crippen molar-refractivity contribution >= 4 is 0 Å². The molecule has 5 nitrogen and oxygen atoms in total. The topological polar surface area (TPSA) is 75.1 Å². The van der Waals surface area contributed by atoms with Crippen LogP contribution in [-0.2, 0) is 12.7 Å². The fourth-order valence-electron chi connectivity index (χ4n) is 2.67. The quantitative estimate of drug-likeness (QED) is 0.829. The van der Waals surface area contributed by atoms with Crippen LogP contribution in [0.2, 0.25) is 0 Å². The molecular weight excluding hydrogens is 337 g/mol. The highest BCUT2D eigenvalue weighted by Crippen LogP contribution is 2.34. The number of aryl methyl sites for hydroxylation is 1. The molecule has 1 heterocycles. The molecule has 25 heavy (non-hydrogen) atoms. The van der Waals surface area contributed by atoms with Gasteiger partial charge in [0.25, 0.3) is 5.56 Å². The lowest BCUT2D eigenvalue weighted by atomic mass is 9.98. The molecule has 2 rings (SSSR count). The fourth-order valence-corrected chi connectivity index (χ4v) is 2.67. The van der Waals surface area contributed by atoms with Crippen LogP contribution in [0.1, 0.15) is 41.0 Å². The molecule has 0 spiro atoms. The Bertz CT molecular complexity index is 965. The summed E-state index contributed by atoms with van der Waals surface area (Å²) in [7, 11) is 0. The Kier molecular flexibility index (Phi) is 4.90. The van der Waals surface area contributed by atoms with Gasteiger partial charge >= 0.3 is 11.9 Å². The van der Waals surface area contributed by atoms with Crippen LogP contribution in [0.15, 0.2) is 27.8 Å². The van der Waals surface area contributed by atoms with E-state index in [0.29, 0.717) is 15.7 Å². The zero-order valence-electron chi connectivity index (χ0n) is 13.4. The second-order valence-electron chi connectivity index (χ2n) is 5.44. The number of nitrogens with zero attached hydrogens (tertiary/aromatic N) is 1. The molecule has 0 amide bonds. The molecule has 1 atom stereocenters. The molecule has 0 aliphatic heterocycles. The maximum Gasteiger partial charge on any atom is 0.423 e. The van der Waals surface area contributed by atoms with Crippen LogP contribution in [0, 0.1) is 19.3 Å². The molecule has 1 unspecified atom stereocenters. The third-order valence-electron chi connectivity index (χ3n) is 3.68. The summed E-state index contributed by atoms with van der Waals surface area (Å²) in [4.78, 5) is 25.3. The lowest BCUT2D eigenvalue weighted by Gasteiger charge is -2.21. The number of aliphatic hydroxyl groups excluding tert-OH is 1. The zero-order chi connectivity index (χ0) is 18.9. The molecule has 0 saturated carbocycles. The van der Waals surface area contributed by atoms with Crippen molar-refractivity contribution in [3.63, 3.8) is 0 Å². The van der Waals surface area contributed by atoms with Gasteiger partial charge < -0.3 is 5.11 Å². The molecule has 2 N–H and O–H groups in total. The minimum atomic E-state index is -5.05. The van der Waals surface area contributed by atoms with Crippen molar-refractivity contribution in [1.82, 2.24) is 9.55 Å². The number of aromatic nitrogens is 2. The van der Waals surface area contributed by atoms with Crippen LogP contribution in [0.3, 0.4) is 0 Å². The van der Waals surface area contributed by atoms with E-state index in [9.17, 15) is 27.9 Å². The Hall–Kier alpha value is -2.79. The first kappa shape index (κ1) is 18.5. The number of nitrogens with one attached hydrogen (secondary N) is 1. The van der Waals surface area contributed by atoms with Crippen molar-refractivity contribution in [3.05, 3.63) is 67.0 Å². The van der Waals surface area contributed by atoms with Gasteiger partial charge in [-0.15, -0.1) is 6.42 Å². The van der Waals surface area contributed by atoms with Crippen molar-refractivity contribution in [3.8, 4) is 12.3 Å². The predicted octanol–water partition coefficient (Wildman–Crippen LogP) is 1.95. The van der Waals surface area contributed by atoms with Crippen molar-refractivity contribution in [2.45, 2.75) is 32.7 Å². The maximum absolute atomic E-state index is 13.4. The summed E-state index contributed by atoms with van der Waals surface area (Å²) in [5.74, 6) is 2.34. The van der Waals surface area contributed by atoms with Crippen LogP contribution in [0.5, 0.6) is 0 Å². The largest absolute Gasteiger partial charge is 0.423 e. The Balaban J connectivity index is 2.86. The summed E-state index contributed by atoms with van der Waals surface area (Å²) in [6.45, 7) is 2.92. The molecule has 0 aliphatic carbocycles. The van der Waals surface area contributed by atoms with E-state index >= 15 is 0 Å². The number of aromatic amines is 1. The average Bonchev–Trinajstić information content (AvgIpc) is 2.51. The highest BCUT2D eigenvalue weighted by atomic mass is 19.4. The van der Waals surface area contributed by atoms with Gasteiger partial charge in [-0.25, -0.2) is 4.79 Å². The number of alkyl halides is 3. The van der Waals surface area contributed by atoms with Crippen LogP contribution in [-0.4, -0.2) is 14.7 Å². The Morgan fingerprint density at radius 1 is 1.32 bits per heavy atom. The van der Waals surface area contributed by atoms with Gasteiger partial charge in [0.2, 0.25) is 0 Å². The van der Waals surface area contributed by atoms with E-state index in [-0.39, 0.29) is 12.1 Å². The van der Waals surface area contributed by atoms with Gasteiger partial charge in [-0.1, -0.05) is 12.0 Å². The standard InChI is InChI=1S/C17H15F3N2O3/c1-4-10-6-9(3)7-11(8-10)14(23)13-12(17(18,19)20)15(24)21-16(25)22(13)5-2/h1,6-8,14,23H,5H2,2-3H3,(H,21,24,25). The fraction of sp³-hybridized carbons (Fsp3) is 0.294. The molecule has 0 bridgehead atoms. The van der Waals surface area contributed by atoms with Gasteiger partial charge in [-0.05, 0) is 37.1 Å². The SMILES string of the molecule is C#Cc1cc(C)cc(C(O)c2c(C(F)(F)F)c(=O)[nH]c(=O)n2CC)c1. The van der Waals surface area contributed by atoms with Gasteiger partial charge in [-0.2, -0.15) is 13.2 Å². The summed E-state index contributed by atoms with van der Waals surface area (Å²) in [5.41, 5.74) is -4.00. The number of hydrogen-bond donors (Lipinski definition) is 2. The summed E-state index contributed by atoms with van der Waals surface area (Å²) in [5, 5.41) is 10.6. The molecule has 0 radical (unpaired) electrons. The summed E-state index contributed by atoms with van der Waals surface area (Å²) < 4.78 is 40.8. The zero-order valence-corrected chi connectivity index (χ0v) is 13.4. The molecule has 1 aromatic carbocycles. The van der Waals surface area contributed by atoms with Crippen molar-refractivity contribution in [2.24, 2.45) is 0 Å². The Morgan fingerprint density at radius 3 is 2.48 bits per heavy atom. The third-order valence-corrected chi connectivity index (χ3v) is 3.68. The number of benzene rings is 1. The Labute approximate surface area is 140 Å². The summed E-state index contributed by atoms with van der Waals surface area (Å²) in [6, 6.07) is 4.40. The Morgan fingerprint density at radius 2 is 1.96 bits per heavy atom. The minimum Gasteiger partial charge on any atom is -0.382 e. The normalized spacial score (nSPS) is 12.7. The summed E-state index contributed by atoms with van der Waals surface area (Å²) in [6.07, 6.45) is -1.59. The number of terminal acetylenes is 1. The minimum absolute atomic E-state index is 0.0608. The molecule has 0 aliphatic rings. The molecule has 1 aromatic heterocycles. The molecular formula is C17H15F3N2O3. The van der Waals surface area contributed by atoms with Gasteiger partial charge in [0.15, 0.2) is 0 Å². The van der Waals surface area contributed by atoms with Gasteiger partial charge in [-0.3, -0.25) is 14.3 Å². The number of rotatable bonds is 3. The number of hydrogen-bond acceptors (Lipinski definition) is 3. The van der Waals surface area contributed by atoms with Crippen LogP contribution in [0.4, 0.5) is 13.2 Å². The van der Waals surface area contributed by atoms with E-state index in [1.807, 2.05) is 0 Å². The molecule has 2 aromatic rings. The number of H-pyrrole nitrogens is 1. The van der Waals surface area contributed by atoms with Crippen LogP contribution in [0.25, 0.3) is 0 Å². The smallest absolute Gasteiger partial charge is 0.382 e. The lowest BCUT2D eigenvalue weighted by molar-refractivity contribution is -0.140. The average molecular weight is 352 g/mol. The van der Waals surface area contributed by atoms with Crippen molar-refractivity contribution in [2.75, 3.05) is 0 Å². The predicted molar refractivity (Wildman–Crippen MR) is 85.2 cm³/mol. The number of aliphatic hydroxyl groups is 1. The molecule has 132 valence electrons. The van der Waals surface area contributed by atoms with Crippen LogP contribution >= 0.6 is 0 Å². The van der Waals surface area contributed by atoms with E-state index in [1.165, 1.54) is 19.1 Å². The van der Waals surface area contributed by atoms with E-state index in [0.717, 1.165) is 0 Å². The maximum atomic E-state index is 13.4. The second-order valence-corrected chi connectivity index (χ2v) is 5.44. The molecule has 0 fully saturated rings. The molecule has 0 saturated heterocycles. The highest BCUT2D eigenvalue weighted by molar-refractivity contribution is 5.42. The van der Waals surface area contributed by atoms with E-state index < -0.39 is 34.8 Å². The first-order valence-electron chi connectivity index (χ1n) is 7.30. The van der Waals surface area contributed by atoms with E-state index in [4.69, 9.17) is 6.42 Å². The first-order chi connectivity index (χ1) is 11.6. The first-order valence-corrected chi connectivity index (χ1v) is 7.30. The number of halogens is 3. The van der Waals surface area contributed by atoms with Gasteiger partial charge in [0, 0.05) is 12.1 Å². The lowest BCUT2D eigenvalue weighted by Crippen LogP contribution is -2.39. The summed E-state index contributed by atoms with van der Waals surface area (Å²) >= 11 is 0. The van der Waals surface area contributed by atoms with Crippen LogP contribution < -0.4 is 11.2 Å². The van der Waals surface area contributed by atoms with Gasteiger partial charge in [0.1, 0.15) is 11.7 Å². The van der Waals surface area contributed by atoms with E-state index in [1.54, 1.807) is 18.0 Å². The van der Waals surface area contributed by atoms with Crippen molar-refractivity contribution < 1.29 is 18.3 Å². The van der Waals surface area contributed by atoms with E-state index in [2.05, 4.69) is 5.92 Å². The monoisotopic (exact) mass is 352 g/mol. The van der Waals surface area contributed by atoms with Gasteiger partial charge in [0.05, 0.1) is 5.69 Å². The molecule has 8 heteroatoms. The third kappa shape index (κ3) is 3.51. The second kappa shape index (κ2) is 6.61. The van der Waals surface area contributed by atoms with Crippen molar-refractivity contribution in [1.29, 1.82) is 0 Å².